The summed E-state index contributed by atoms with van der Waals surface area (Å²) in [4.78, 5) is 0. The van der Waals surface area contributed by atoms with Crippen molar-refractivity contribution in [2.75, 3.05) is 0 Å². The summed E-state index contributed by atoms with van der Waals surface area (Å²) in [5, 5.41) is 0. The minimum absolute atomic E-state index is 0.836. The lowest BCUT2D eigenvalue weighted by Crippen LogP contribution is -2.18. The van der Waals surface area contributed by atoms with Crippen molar-refractivity contribution in [1.82, 2.24) is 0 Å². The van der Waals surface area contributed by atoms with Crippen molar-refractivity contribution < 1.29 is 0 Å². The molecular formula is C138H228. The van der Waals surface area contributed by atoms with E-state index in [9.17, 15) is 0 Å². The van der Waals surface area contributed by atoms with Crippen LogP contribution in [0.4, 0.5) is 0 Å². The summed E-state index contributed by atoms with van der Waals surface area (Å²) in [5.41, 5.74) is 12.8. The largest absolute Gasteiger partial charge is 0.0654 e. The van der Waals surface area contributed by atoms with Crippen molar-refractivity contribution in [2.24, 2.45) is 118 Å². The van der Waals surface area contributed by atoms with E-state index in [1.54, 1.807) is 122 Å². The zero-order valence-electron chi connectivity index (χ0n) is 93.1. The fourth-order valence-electron chi connectivity index (χ4n) is 32.1. The van der Waals surface area contributed by atoms with Crippen LogP contribution in [0.2, 0.25) is 0 Å². The van der Waals surface area contributed by atoms with Crippen LogP contribution >= 0.6 is 0 Å². The molecule has 0 heterocycles. The maximum atomic E-state index is 2.49. The number of benzene rings is 4. The Kier molecular flexibility index (Phi) is 52.7. The molecule has 0 aliphatic heterocycles. The zero-order chi connectivity index (χ0) is 95.8. The molecule has 0 radical (unpaired) electrons. The minimum atomic E-state index is 0.836. The molecule has 4 aromatic carbocycles. The first-order valence-corrected chi connectivity index (χ1v) is 64.3. The van der Waals surface area contributed by atoms with E-state index in [-0.39, 0.29) is 0 Å². The first-order chi connectivity index (χ1) is 67.9. The van der Waals surface area contributed by atoms with Gasteiger partial charge >= 0.3 is 0 Å². The van der Waals surface area contributed by atoms with Gasteiger partial charge in [-0.25, -0.2) is 0 Å². The van der Waals surface area contributed by atoms with Gasteiger partial charge in [-0.3, -0.25) is 0 Å². The van der Waals surface area contributed by atoms with Crippen molar-refractivity contribution in [3.63, 3.8) is 0 Å². The molecule has 12 aliphatic carbocycles. The third kappa shape index (κ3) is 40.5. The Morgan fingerprint density at radius 3 is 0.442 bits per heavy atom. The number of hydrogen-bond acceptors (Lipinski definition) is 0. The molecule has 0 heteroatoms. The molecule has 0 saturated heterocycles. The van der Waals surface area contributed by atoms with Gasteiger partial charge in [-0.2, -0.15) is 0 Å². The maximum absolute atomic E-state index is 2.49. The minimum Gasteiger partial charge on any atom is -0.0654 e. The highest BCUT2D eigenvalue weighted by Crippen LogP contribution is 2.49. The molecular weight excluding hydrogens is 1660 g/mol. The lowest BCUT2D eigenvalue weighted by Gasteiger charge is -2.32. The quantitative estimate of drug-likeness (QED) is 0.0387. The highest BCUT2D eigenvalue weighted by Gasteiger charge is 2.34. The van der Waals surface area contributed by atoms with Gasteiger partial charge in [0.05, 0.1) is 0 Å². The van der Waals surface area contributed by atoms with Gasteiger partial charge < -0.3 is 0 Å². The Morgan fingerprint density at radius 1 is 0.130 bits per heavy atom. The lowest BCUT2D eigenvalue weighted by molar-refractivity contribution is 0.209. The molecule has 16 rings (SSSR count). The molecule has 0 spiro atoms. The molecule has 12 fully saturated rings. The summed E-state index contributed by atoms with van der Waals surface area (Å²) < 4.78 is 0. The normalized spacial score (nSPS) is 32.2. The molecule has 0 atom stereocenters. The predicted octanol–water partition coefficient (Wildman–Crippen LogP) is 44.3. The first kappa shape index (κ1) is 112. The monoisotopic (exact) mass is 1890 g/mol. The fraction of sp³-hybridized carbons (Fsp3) is 0.826. The van der Waals surface area contributed by atoms with Crippen LogP contribution in [-0.4, -0.2) is 0 Å². The van der Waals surface area contributed by atoms with E-state index < -0.39 is 0 Å². The van der Waals surface area contributed by atoms with Gasteiger partial charge in [0.25, 0.3) is 0 Å². The van der Waals surface area contributed by atoms with E-state index in [1.165, 1.54) is 449 Å². The zero-order valence-corrected chi connectivity index (χ0v) is 93.1. The van der Waals surface area contributed by atoms with Crippen LogP contribution in [0.5, 0.6) is 0 Å². The van der Waals surface area contributed by atoms with Gasteiger partial charge in [0.15, 0.2) is 0 Å². The van der Waals surface area contributed by atoms with Crippen molar-refractivity contribution in [2.45, 2.75) is 606 Å². The van der Waals surface area contributed by atoms with Gasteiger partial charge in [-0.15, -0.1) is 0 Å². The molecule has 0 bridgehead atoms. The number of aryl methyl sites for hydroxylation is 4. The maximum Gasteiger partial charge on any atom is -0.0162 e. The van der Waals surface area contributed by atoms with Crippen LogP contribution in [0.25, 0.3) is 0 Å². The molecule has 4 aromatic rings. The Morgan fingerprint density at radius 2 is 0.275 bits per heavy atom. The van der Waals surface area contributed by atoms with Crippen molar-refractivity contribution in [1.29, 1.82) is 0 Å². The predicted molar refractivity (Wildman–Crippen MR) is 607 cm³/mol. The van der Waals surface area contributed by atoms with Crippen LogP contribution in [0, 0.1) is 118 Å². The Labute approximate surface area is 859 Å². The number of rotatable bonds is 46. The molecule has 0 amide bonds. The van der Waals surface area contributed by atoms with E-state index in [2.05, 4.69) is 152 Å². The Bertz CT molecular complexity index is 3580. The van der Waals surface area contributed by atoms with Gasteiger partial charge in [0.1, 0.15) is 0 Å². The molecule has 780 valence electrons. The SMILES string of the molecule is CCCC1CCC(CCC2CCC(CCc3ccc(C4CCC(CC)CC4)cc3)CC2)CC1.CCCC1CCC(CCC2CCC(CCc3ccc(C4CCC(CCC)CC4)cc3)CC2)CC1.CCCCC1CCC(c2ccc(CCC3CCC(CCC4CCC(CCC)CC4)CC3)cc2)CC1.CCCCCC1CCC(c2ccc(CCC3CCC(CCC4CCC(CCC)CC4)CC3)cc2)CC1. The third-order valence-corrected chi connectivity index (χ3v) is 42.5. The second kappa shape index (κ2) is 64.9. The number of hydrogen-bond donors (Lipinski definition) is 0. The van der Waals surface area contributed by atoms with Crippen LogP contribution in [0.1, 0.15) is 624 Å². The van der Waals surface area contributed by atoms with Gasteiger partial charge in [0, 0.05) is 0 Å². The van der Waals surface area contributed by atoms with Crippen LogP contribution in [0.3, 0.4) is 0 Å². The summed E-state index contributed by atoms with van der Waals surface area (Å²) in [5.74, 6) is 24.1. The number of unbranched alkanes of at least 4 members (excludes halogenated alkanes) is 3. The van der Waals surface area contributed by atoms with Crippen LogP contribution < -0.4 is 0 Å². The van der Waals surface area contributed by atoms with E-state index in [4.69, 9.17) is 0 Å². The standard InChI is InChI=1S/C36H60.C35H58.C34H56.C33H54/c1-3-5-6-8-30-21-25-35(26-22-30)36-27-23-34(24-28-36)20-19-33-17-15-32(16-18-33)14-13-31-11-9-29(7-4-2)10-12-31;1-3-5-7-29-20-24-34(25-21-29)35-26-22-33(23-27-35)19-18-32-16-14-31(15-17-32)13-12-30-10-8-28(6-4-2)9-11-30;1-3-5-27-7-9-29(10-8-27)11-12-30-13-15-31(16-14-30)17-18-32-21-25-34(26-22-32)33-23-19-28(6-4-2)20-24-33;1-3-5-27-6-8-28(9-7-27)10-11-29-12-14-30(15-13-29)16-17-31-20-24-33(25-21-31)32-22-18-26(4-2)19-23-32/h23-24,27-33,35H,3-22,25-26H2,1-2H3;22-23,26-32,34H,3-21,24-25H2,1-2H3;21-22,25-31,33H,3-20,23-24H2,1-2H3;20-21,24-30,32H,3-19,22-23H2,1-2H3. The van der Waals surface area contributed by atoms with Crippen molar-refractivity contribution >= 4 is 0 Å². The molecule has 0 nitrogen and oxygen atoms in total. The Hall–Kier alpha value is -3.12. The molecule has 12 aliphatic rings. The molecule has 12 saturated carbocycles. The average Bonchev–Trinajstić information content (AvgIpc) is 0.857. The van der Waals surface area contributed by atoms with E-state index in [1.807, 2.05) is 0 Å². The molecule has 0 aromatic heterocycles. The van der Waals surface area contributed by atoms with Gasteiger partial charge in [0.2, 0.25) is 0 Å². The summed E-state index contributed by atoms with van der Waals surface area (Å²) in [6.07, 6.45) is 121. The summed E-state index contributed by atoms with van der Waals surface area (Å²) >= 11 is 0. The first-order valence-electron chi connectivity index (χ1n) is 64.3. The second-order valence-electron chi connectivity index (χ2n) is 52.4. The molecule has 0 N–H and O–H groups in total. The summed E-state index contributed by atoms with van der Waals surface area (Å²) in [6, 6.07) is 39.6. The van der Waals surface area contributed by atoms with Crippen molar-refractivity contribution in [3.05, 3.63) is 142 Å². The molecule has 0 unspecified atom stereocenters. The highest BCUT2D eigenvalue weighted by atomic mass is 14.4. The Balaban J connectivity index is 0.000000155. The average molecular weight is 1890 g/mol. The van der Waals surface area contributed by atoms with E-state index in [0.717, 1.165) is 142 Å². The summed E-state index contributed by atoms with van der Waals surface area (Å²) in [6.45, 7) is 18.8. The smallest absolute Gasteiger partial charge is 0.0162 e. The van der Waals surface area contributed by atoms with E-state index >= 15 is 0 Å². The lowest BCUT2D eigenvalue weighted by atomic mass is 9.74. The topological polar surface area (TPSA) is 0 Å². The van der Waals surface area contributed by atoms with Crippen LogP contribution in [-0.2, 0) is 25.7 Å². The van der Waals surface area contributed by atoms with E-state index in [0.29, 0.717) is 0 Å². The fourth-order valence-corrected chi connectivity index (χ4v) is 32.1. The summed E-state index contributed by atoms with van der Waals surface area (Å²) in [7, 11) is 0. The third-order valence-electron chi connectivity index (χ3n) is 42.5. The van der Waals surface area contributed by atoms with Crippen molar-refractivity contribution in [3.8, 4) is 0 Å². The second-order valence-corrected chi connectivity index (χ2v) is 52.4. The van der Waals surface area contributed by atoms with Gasteiger partial charge in [-0.1, -0.05) is 525 Å². The van der Waals surface area contributed by atoms with Crippen LogP contribution in [0.15, 0.2) is 97.1 Å². The molecule has 138 heavy (non-hydrogen) atoms. The highest BCUT2D eigenvalue weighted by molar-refractivity contribution is 5.30. The van der Waals surface area contributed by atoms with Gasteiger partial charge in [-0.05, 0) is 341 Å².